The molecule has 0 nitrogen and oxygen atoms in total. The summed E-state index contributed by atoms with van der Waals surface area (Å²) in [5.74, 6) is 0. The Morgan fingerprint density at radius 1 is 0.846 bits per heavy atom. The van der Waals surface area contributed by atoms with Crippen LogP contribution in [0.2, 0.25) is 0 Å². The summed E-state index contributed by atoms with van der Waals surface area (Å²) in [5.41, 5.74) is 0. The highest BCUT2D eigenvalue weighted by Gasteiger charge is 1.89. The molecule has 0 unspecified atom stereocenters. The minimum Gasteiger partial charge on any atom is -0.0882 e. The lowest BCUT2D eigenvalue weighted by Gasteiger charge is -1.99. The van der Waals surface area contributed by atoms with Crippen LogP contribution in [0.15, 0.2) is 12.2 Å². The summed E-state index contributed by atoms with van der Waals surface area (Å²) in [6.45, 7) is 7.51. The smallest absolute Gasteiger partial charge is 0.00958 e. The maximum Gasteiger partial charge on any atom is -0.00958 e. The van der Waals surface area contributed by atoms with Gasteiger partial charge in [-0.15, -0.1) is 0 Å². The molecular weight excluding hydrogens is 156 g/mol. The molecule has 13 heavy (non-hydrogen) atoms. The van der Waals surface area contributed by atoms with Crippen LogP contribution in [0.5, 0.6) is 0 Å². The van der Waals surface area contributed by atoms with Crippen molar-refractivity contribution in [3.8, 4) is 0 Å². The Labute approximate surface area is 84.4 Å². The average molecular weight is 180 g/mol. The number of rotatable bonds is 9. The van der Waals surface area contributed by atoms with Crippen molar-refractivity contribution in [2.45, 2.75) is 64.7 Å². The average Bonchev–Trinajstić information content (AvgIpc) is 2.16. The van der Waals surface area contributed by atoms with Gasteiger partial charge >= 0.3 is 0 Å². The Morgan fingerprint density at radius 2 is 1.38 bits per heavy atom. The van der Waals surface area contributed by atoms with Crippen molar-refractivity contribution in [3.05, 3.63) is 19.1 Å². The highest BCUT2D eigenvalue weighted by Crippen LogP contribution is 2.09. The summed E-state index contributed by atoms with van der Waals surface area (Å²) in [6, 6.07) is 0. The molecule has 0 bridgehead atoms. The topological polar surface area (TPSA) is 0 Å². The van der Waals surface area contributed by atoms with E-state index in [-0.39, 0.29) is 0 Å². The van der Waals surface area contributed by atoms with Gasteiger partial charge < -0.3 is 0 Å². The normalized spacial score (nSPS) is 11.2. The fraction of sp³-hybridized carbons (Fsp3) is 0.769. The van der Waals surface area contributed by atoms with E-state index in [9.17, 15) is 0 Å². The minimum absolute atomic E-state index is 1.16. The molecule has 2 radical (unpaired) electrons. The van der Waals surface area contributed by atoms with Crippen LogP contribution in [0.1, 0.15) is 64.7 Å². The molecule has 0 aliphatic heterocycles. The second kappa shape index (κ2) is 11.7. The molecule has 76 valence electrons. The molecule has 0 saturated carbocycles. The molecular formula is C13H24. The van der Waals surface area contributed by atoms with Crippen molar-refractivity contribution in [2.24, 2.45) is 0 Å². The highest BCUT2D eigenvalue weighted by molar-refractivity contribution is 4.83. The van der Waals surface area contributed by atoms with Crippen LogP contribution in [-0.2, 0) is 0 Å². The Bertz CT molecular complexity index is 103. The molecule has 0 aromatic carbocycles. The second-order valence-corrected chi connectivity index (χ2v) is 3.69. The van der Waals surface area contributed by atoms with Gasteiger partial charge in [0.15, 0.2) is 0 Å². The minimum atomic E-state index is 1.16. The van der Waals surface area contributed by atoms with E-state index < -0.39 is 0 Å². The van der Waals surface area contributed by atoms with Gasteiger partial charge in [0, 0.05) is 0 Å². The van der Waals surface area contributed by atoms with Gasteiger partial charge in [-0.3, -0.25) is 0 Å². The van der Waals surface area contributed by atoms with Crippen molar-refractivity contribution in [1.82, 2.24) is 0 Å². The maximum atomic E-state index is 5.24. The van der Waals surface area contributed by atoms with Gasteiger partial charge in [0.25, 0.3) is 0 Å². The molecule has 0 fully saturated rings. The van der Waals surface area contributed by atoms with E-state index in [0.29, 0.717) is 0 Å². The van der Waals surface area contributed by atoms with Crippen LogP contribution in [-0.4, -0.2) is 0 Å². The first-order chi connectivity index (χ1) is 6.41. The number of unbranched alkanes of at least 4 members (excludes halogenated alkanes) is 8. The zero-order valence-corrected chi connectivity index (χ0v) is 9.10. The molecule has 0 aliphatic rings. The van der Waals surface area contributed by atoms with Crippen LogP contribution in [0.25, 0.3) is 0 Å². The van der Waals surface area contributed by atoms with Gasteiger partial charge in [0.05, 0.1) is 0 Å². The van der Waals surface area contributed by atoms with E-state index in [2.05, 4.69) is 13.0 Å². The first-order valence-electron chi connectivity index (χ1n) is 5.78. The van der Waals surface area contributed by atoms with Gasteiger partial charge in [0.2, 0.25) is 0 Å². The van der Waals surface area contributed by atoms with Gasteiger partial charge in [-0.1, -0.05) is 64.0 Å². The Morgan fingerprint density at radius 3 is 1.92 bits per heavy atom. The lowest BCUT2D eigenvalue weighted by atomic mass is 10.1. The quantitative estimate of drug-likeness (QED) is 0.448. The summed E-state index contributed by atoms with van der Waals surface area (Å²) >= 11 is 0. The summed E-state index contributed by atoms with van der Waals surface area (Å²) < 4.78 is 0. The maximum absolute atomic E-state index is 5.24. The summed E-state index contributed by atoms with van der Waals surface area (Å²) in [6.07, 6.45) is 16.0. The van der Waals surface area contributed by atoms with Gasteiger partial charge in [-0.2, -0.15) is 0 Å². The molecule has 0 N–H and O–H groups in total. The van der Waals surface area contributed by atoms with Crippen LogP contribution in [0.4, 0.5) is 0 Å². The summed E-state index contributed by atoms with van der Waals surface area (Å²) in [5, 5.41) is 0. The van der Waals surface area contributed by atoms with Crippen molar-refractivity contribution in [2.75, 3.05) is 0 Å². The molecule has 0 saturated heterocycles. The van der Waals surface area contributed by atoms with E-state index >= 15 is 0 Å². The van der Waals surface area contributed by atoms with Gasteiger partial charge in [-0.25, -0.2) is 0 Å². The number of allylic oxidation sites excluding steroid dienone is 2. The molecule has 0 spiro atoms. The lowest BCUT2D eigenvalue weighted by molar-refractivity contribution is 0.577. The molecule has 0 amide bonds. The SMILES string of the molecule is [CH]C=CCCCCCCCCCC. The molecule has 0 atom stereocenters. The van der Waals surface area contributed by atoms with Crippen LogP contribution in [0.3, 0.4) is 0 Å². The zero-order valence-electron chi connectivity index (χ0n) is 9.10. The lowest BCUT2D eigenvalue weighted by Crippen LogP contribution is -1.79. The van der Waals surface area contributed by atoms with E-state index in [0.717, 1.165) is 6.42 Å². The standard InChI is InChI=1S/C13H24/c1-3-5-7-9-11-13-12-10-8-6-4-2/h1,3,5H,4,6-13H2,2H3. The first kappa shape index (κ1) is 12.7. The van der Waals surface area contributed by atoms with Gasteiger partial charge in [-0.05, 0) is 19.8 Å². The summed E-state index contributed by atoms with van der Waals surface area (Å²) in [4.78, 5) is 0. The Hall–Kier alpha value is -0.260. The molecule has 0 heteroatoms. The van der Waals surface area contributed by atoms with Crippen molar-refractivity contribution < 1.29 is 0 Å². The fourth-order valence-electron chi connectivity index (χ4n) is 1.49. The third-order valence-electron chi connectivity index (χ3n) is 2.36. The second-order valence-electron chi connectivity index (χ2n) is 3.69. The Kier molecular flexibility index (Phi) is 11.5. The molecule has 0 aromatic rings. The van der Waals surface area contributed by atoms with E-state index in [4.69, 9.17) is 6.92 Å². The van der Waals surface area contributed by atoms with Crippen molar-refractivity contribution in [1.29, 1.82) is 0 Å². The van der Waals surface area contributed by atoms with E-state index in [1.165, 1.54) is 51.4 Å². The fourth-order valence-corrected chi connectivity index (χ4v) is 1.49. The first-order valence-corrected chi connectivity index (χ1v) is 5.78. The van der Waals surface area contributed by atoms with Crippen LogP contribution >= 0.6 is 0 Å². The monoisotopic (exact) mass is 180 g/mol. The largest absolute Gasteiger partial charge is 0.0882 e. The highest BCUT2D eigenvalue weighted by atomic mass is 14.0. The third kappa shape index (κ3) is 11.7. The van der Waals surface area contributed by atoms with Crippen LogP contribution < -0.4 is 0 Å². The molecule has 0 aliphatic carbocycles. The predicted molar refractivity (Wildman–Crippen MR) is 60.7 cm³/mol. The zero-order chi connectivity index (χ0) is 9.78. The van der Waals surface area contributed by atoms with E-state index in [1.807, 2.05) is 0 Å². The number of hydrogen-bond acceptors (Lipinski definition) is 0. The summed E-state index contributed by atoms with van der Waals surface area (Å²) in [7, 11) is 0. The molecule has 0 heterocycles. The van der Waals surface area contributed by atoms with E-state index in [1.54, 1.807) is 6.08 Å². The number of hydrogen-bond donors (Lipinski definition) is 0. The molecule has 0 rings (SSSR count). The predicted octanol–water partition coefficient (Wildman–Crippen LogP) is 4.78. The Balaban J connectivity index is 2.83. The van der Waals surface area contributed by atoms with Crippen molar-refractivity contribution in [3.63, 3.8) is 0 Å². The van der Waals surface area contributed by atoms with Crippen molar-refractivity contribution >= 4 is 0 Å². The third-order valence-corrected chi connectivity index (χ3v) is 2.36. The van der Waals surface area contributed by atoms with Crippen LogP contribution in [0, 0.1) is 6.92 Å². The van der Waals surface area contributed by atoms with Gasteiger partial charge in [0.1, 0.15) is 0 Å². The molecule has 0 aromatic heterocycles.